The number of carbonyl (C=O) groups excluding carboxylic acids is 1. The molecule has 14 heavy (non-hydrogen) atoms. The molecule has 0 aliphatic carbocycles. The van der Waals surface area contributed by atoms with Gasteiger partial charge in [0, 0.05) is 19.5 Å². The van der Waals surface area contributed by atoms with Crippen LogP contribution < -0.4 is 5.73 Å². The summed E-state index contributed by atoms with van der Waals surface area (Å²) in [7, 11) is 0. The molecule has 84 valence electrons. The van der Waals surface area contributed by atoms with Gasteiger partial charge in [0.25, 0.3) is 0 Å². The van der Waals surface area contributed by atoms with Crippen LogP contribution in [0.25, 0.3) is 0 Å². The van der Waals surface area contributed by atoms with Crippen molar-refractivity contribution < 1.29 is 4.79 Å². The summed E-state index contributed by atoms with van der Waals surface area (Å²) in [5.41, 5.74) is 5.68. The Balaban J connectivity index is 4.29. The number of nitrogens with zero attached hydrogens (tertiary/aromatic N) is 1. The number of rotatable bonds is 6. The van der Waals surface area contributed by atoms with Crippen LogP contribution >= 0.6 is 0 Å². The standard InChI is InChI=1S/C11H24N2O/c1-5-7-13(10(14)6-2)9-11(3,4)8-12/h5-9,12H2,1-4H3. The van der Waals surface area contributed by atoms with E-state index in [1.165, 1.54) is 0 Å². The highest BCUT2D eigenvalue weighted by molar-refractivity contribution is 5.75. The summed E-state index contributed by atoms with van der Waals surface area (Å²) in [6.07, 6.45) is 1.59. The summed E-state index contributed by atoms with van der Waals surface area (Å²) in [6.45, 7) is 10.4. The average Bonchev–Trinajstić information content (AvgIpc) is 2.16. The van der Waals surface area contributed by atoms with E-state index in [2.05, 4.69) is 20.8 Å². The fourth-order valence-electron chi connectivity index (χ4n) is 1.37. The second kappa shape index (κ2) is 6.02. The Kier molecular flexibility index (Phi) is 5.77. The van der Waals surface area contributed by atoms with Crippen molar-refractivity contribution in [2.75, 3.05) is 19.6 Å². The summed E-state index contributed by atoms with van der Waals surface area (Å²) in [5, 5.41) is 0. The van der Waals surface area contributed by atoms with Crippen molar-refractivity contribution in [3.05, 3.63) is 0 Å². The van der Waals surface area contributed by atoms with Gasteiger partial charge in [0.2, 0.25) is 5.91 Å². The van der Waals surface area contributed by atoms with E-state index in [1.54, 1.807) is 0 Å². The number of amides is 1. The number of carbonyl (C=O) groups is 1. The quantitative estimate of drug-likeness (QED) is 0.708. The Labute approximate surface area is 87.6 Å². The Bertz CT molecular complexity index is 178. The van der Waals surface area contributed by atoms with E-state index < -0.39 is 0 Å². The molecule has 0 atom stereocenters. The van der Waals surface area contributed by atoms with E-state index in [0.717, 1.165) is 19.5 Å². The van der Waals surface area contributed by atoms with Crippen LogP contribution in [0.4, 0.5) is 0 Å². The predicted octanol–water partition coefficient (Wildman–Crippen LogP) is 1.62. The third-order valence-electron chi connectivity index (χ3n) is 2.32. The minimum Gasteiger partial charge on any atom is -0.342 e. The van der Waals surface area contributed by atoms with Gasteiger partial charge < -0.3 is 10.6 Å². The predicted molar refractivity (Wildman–Crippen MR) is 60.0 cm³/mol. The molecule has 0 rings (SSSR count). The zero-order valence-corrected chi connectivity index (χ0v) is 9.97. The molecule has 0 aliphatic heterocycles. The van der Waals surface area contributed by atoms with E-state index in [0.29, 0.717) is 13.0 Å². The highest BCUT2D eigenvalue weighted by Crippen LogP contribution is 2.15. The first-order valence-corrected chi connectivity index (χ1v) is 5.44. The van der Waals surface area contributed by atoms with Crippen LogP contribution in [-0.2, 0) is 4.79 Å². The van der Waals surface area contributed by atoms with Gasteiger partial charge in [0.1, 0.15) is 0 Å². The first-order valence-electron chi connectivity index (χ1n) is 5.44. The van der Waals surface area contributed by atoms with Gasteiger partial charge in [0.05, 0.1) is 0 Å². The molecule has 0 saturated heterocycles. The largest absolute Gasteiger partial charge is 0.342 e. The van der Waals surface area contributed by atoms with Crippen LogP contribution in [0.2, 0.25) is 0 Å². The van der Waals surface area contributed by atoms with Crippen LogP contribution in [0, 0.1) is 5.41 Å². The second-order valence-corrected chi connectivity index (χ2v) is 4.54. The minimum atomic E-state index is 0.0278. The summed E-state index contributed by atoms with van der Waals surface area (Å²) < 4.78 is 0. The van der Waals surface area contributed by atoms with Gasteiger partial charge in [-0.25, -0.2) is 0 Å². The molecule has 0 spiro atoms. The molecule has 0 aromatic rings. The van der Waals surface area contributed by atoms with Crippen molar-refractivity contribution in [1.82, 2.24) is 4.90 Å². The first kappa shape index (κ1) is 13.4. The second-order valence-electron chi connectivity index (χ2n) is 4.54. The Hall–Kier alpha value is -0.570. The third kappa shape index (κ3) is 4.61. The Morgan fingerprint density at radius 3 is 2.29 bits per heavy atom. The topological polar surface area (TPSA) is 46.3 Å². The lowest BCUT2D eigenvalue weighted by Gasteiger charge is -2.31. The number of hydrogen-bond donors (Lipinski definition) is 1. The minimum absolute atomic E-state index is 0.0278. The van der Waals surface area contributed by atoms with E-state index in [9.17, 15) is 4.79 Å². The summed E-state index contributed by atoms with van der Waals surface area (Å²) in [4.78, 5) is 13.5. The molecular formula is C11H24N2O. The molecule has 2 N–H and O–H groups in total. The highest BCUT2D eigenvalue weighted by atomic mass is 16.2. The van der Waals surface area contributed by atoms with Crippen molar-refractivity contribution in [1.29, 1.82) is 0 Å². The molecule has 0 saturated carbocycles. The van der Waals surface area contributed by atoms with Gasteiger partial charge in [-0.15, -0.1) is 0 Å². The molecule has 0 radical (unpaired) electrons. The van der Waals surface area contributed by atoms with Crippen molar-refractivity contribution in [3.8, 4) is 0 Å². The number of hydrogen-bond acceptors (Lipinski definition) is 2. The molecular weight excluding hydrogens is 176 g/mol. The van der Waals surface area contributed by atoms with Crippen molar-refractivity contribution in [3.63, 3.8) is 0 Å². The van der Waals surface area contributed by atoms with Crippen LogP contribution in [0.1, 0.15) is 40.5 Å². The molecule has 1 amide bonds. The van der Waals surface area contributed by atoms with Crippen LogP contribution in [0.15, 0.2) is 0 Å². The fourth-order valence-corrected chi connectivity index (χ4v) is 1.37. The Morgan fingerprint density at radius 1 is 1.36 bits per heavy atom. The van der Waals surface area contributed by atoms with Gasteiger partial charge in [-0.3, -0.25) is 4.79 Å². The van der Waals surface area contributed by atoms with Gasteiger partial charge in [-0.2, -0.15) is 0 Å². The number of nitrogens with two attached hydrogens (primary N) is 1. The van der Waals surface area contributed by atoms with E-state index in [4.69, 9.17) is 5.73 Å². The molecule has 3 nitrogen and oxygen atoms in total. The van der Waals surface area contributed by atoms with Crippen molar-refractivity contribution in [2.45, 2.75) is 40.5 Å². The maximum Gasteiger partial charge on any atom is 0.222 e. The summed E-state index contributed by atoms with van der Waals surface area (Å²) >= 11 is 0. The third-order valence-corrected chi connectivity index (χ3v) is 2.32. The maximum absolute atomic E-state index is 11.6. The van der Waals surface area contributed by atoms with Gasteiger partial charge >= 0.3 is 0 Å². The normalized spacial score (nSPS) is 11.5. The molecule has 0 unspecified atom stereocenters. The zero-order chi connectivity index (χ0) is 11.2. The maximum atomic E-state index is 11.6. The van der Waals surface area contributed by atoms with Crippen LogP contribution in [-0.4, -0.2) is 30.4 Å². The molecule has 3 heteroatoms. The van der Waals surface area contributed by atoms with Crippen molar-refractivity contribution in [2.24, 2.45) is 11.1 Å². The molecule has 0 bridgehead atoms. The molecule has 0 aromatic heterocycles. The summed E-state index contributed by atoms with van der Waals surface area (Å²) in [5.74, 6) is 0.230. The zero-order valence-electron chi connectivity index (χ0n) is 9.97. The smallest absolute Gasteiger partial charge is 0.222 e. The Morgan fingerprint density at radius 2 is 1.93 bits per heavy atom. The van der Waals surface area contributed by atoms with Crippen LogP contribution in [0.5, 0.6) is 0 Å². The van der Waals surface area contributed by atoms with Crippen LogP contribution in [0.3, 0.4) is 0 Å². The van der Waals surface area contributed by atoms with E-state index in [1.807, 2.05) is 11.8 Å². The van der Waals surface area contributed by atoms with E-state index in [-0.39, 0.29) is 11.3 Å². The molecule has 0 aromatic carbocycles. The average molecular weight is 200 g/mol. The first-order chi connectivity index (χ1) is 6.46. The van der Waals surface area contributed by atoms with Gasteiger partial charge in [-0.1, -0.05) is 27.7 Å². The lowest BCUT2D eigenvalue weighted by molar-refractivity contribution is -0.132. The monoisotopic (exact) mass is 200 g/mol. The van der Waals surface area contributed by atoms with E-state index >= 15 is 0 Å². The lowest BCUT2D eigenvalue weighted by atomic mass is 9.93. The lowest BCUT2D eigenvalue weighted by Crippen LogP contribution is -2.42. The molecule has 0 heterocycles. The van der Waals surface area contributed by atoms with Crippen molar-refractivity contribution >= 4 is 5.91 Å². The summed E-state index contributed by atoms with van der Waals surface area (Å²) in [6, 6.07) is 0. The van der Waals surface area contributed by atoms with Gasteiger partial charge in [-0.05, 0) is 18.4 Å². The molecule has 0 aliphatic rings. The fraction of sp³-hybridized carbons (Fsp3) is 0.909. The SMILES string of the molecule is CCCN(CC(C)(C)CN)C(=O)CC. The van der Waals surface area contributed by atoms with Gasteiger partial charge in [0.15, 0.2) is 0 Å². The molecule has 0 fully saturated rings. The highest BCUT2D eigenvalue weighted by Gasteiger charge is 2.22.